The zero-order valence-corrected chi connectivity index (χ0v) is 7.09. The minimum Gasteiger partial charge on any atom is -0.308 e. The fraction of sp³-hybridized carbons (Fsp3) is 0.875. The largest absolute Gasteiger partial charge is 0.330 e. The third kappa shape index (κ3) is 3.47. The second kappa shape index (κ2) is 4.29. The van der Waals surface area contributed by atoms with Gasteiger partial charge < -0.3 is 4.74 Å². The van der Waals surface area contributed by atoms with Gasteiger partial charge in [-0.2, -0.15) is 0 Å². The molecule has 0 spiro atoms. The smallest absolute Gasteiger partial charge is 0.308 e. The highest BCUT2D eigenvalue weighted by Crippen LogP contribution is 2.09. The monoisotopic (exact) mass is 141 g/mol. The molecule has 0 bridgehead atoms. The van der Waals surface area contributed by atoms with Crippen molar-refractivity contribution in [2.24, 2.45) is 5.92 Å². The highest BCUT2D eigenvalue weighted by molar-refractivity contribution is 4.72. The molecule has 0 saturated heterocycles. The Morgan fingerprint density at radius 1 is 1.20 bits per heavy atom. The van der Waals surface area contributed by atoms with Crippen molar-refractivity contribution < 1.29 is 4.74 Å². The molecule has 2 heteroatoms. The predicted octanol–water partition coefficient (Wildman–Crippen LogP) is 2.31. The van der Waals surface area contributed by atoms with Crippen molar-refractivity contribution in [3.63, 3.8) is 0 Å². The summed E-state index contributed by atoms with van der Waals surface area (Å²) in [6, 6.07) is 0. The highest BCUT2D eigenvalue weighted by Gasteiger charge is 2.18. The molecule has 0 aromatic carbocycles. The van der Waals surface area contributed by atoms with E-state index in [1.165, 1.54) is 0 Å². The van der Waals surface area contributed by atoms with Crippen molar-refractivity contribution >= 4 is 0 Å². The lowest BCUT2D eigenvalue weighted by atomic mass is 10.2. The second-order valence-electron chi connectivity index (χ2n) is 2.95. The molecule has 0 aromatic heterocycles. The van der Waals surface area contributed by atoms with E-state index in [1.54, 1.807) is 0 Å². The average molecular weight is 141 g/mol. The van der Waals surface area contributed by atoms with Crippen molar-refractivity contribution in [3.8, 4) is 0 Å². The highest BCUT2D eigenvalue weighted by atomic mass is 16.5. The van der Waals surface area contributed by atoms with Gasteiger partial charge in [0.15, 0.2) is 0 Å². The van der Waals surface area contributed by atoms with E-state index in [0.717, 1.165) is 0 Å². The lowest BCUT2D eigenvalue weighted by Crippen LogP contribution is -2.19. The van der Waals surface area contributed by atoms with Crippen molar-refractivity contribution in [2.75, 3.05) is 0 Å². The standard InChI is InChI=1S/C8H15NO/c1-6(2)8(9-5)10-7(3)4/h6-8H,1-4H3. The van der Waals surface area contributed by atoms with E-state index in [9.17, 15) is 0 Å². The van der Waals surface area contributed by atoms with Crippen LogP contribution in [0.2, 0.25) is 0 Å². The first kappa shape index (κ1) is 9.45. The molecule has 0 fully saturated rings. The minimum atomic E-state index is -0.264. The molecular weight excluding hydrogens is 126 g/mol. The van der Waals surface area contributed by atoms with Crippen LogP contribution in [0.25, 0.3) is 4.85 Å². The number of ether oxygens (including phenoxy) is 1. The molecule has 0 aliphatic rings. The minimum absolute atomic E-state index is 0.154. The van der Waals surface area contributed by atoms with Gasteiger partial charge in [-0.3, -0.25) is 4.85 Å². The maximum Gasteiger partial charge on any atom is 0.330 e. The molecule has 58 valence electrons. The Balaban J connectivity index is 3.75. The third-order valence-corrected chi connectivity index (χ3v) is 1.11. The summed E-state index contributed by atoms with van der Waals surface area (Å²) in [4.78, 5) is 3.36. The van der Waals surface area contributed by atoms with Crippen LogP contribution in [0, 0.1) is 12.5 Å². The van der Waals surface area contributed by atoms with Gasteiger partial charge in [-0.1, -0.05) is 13.8 Å². The van der Waals surface area contributed by atoms with E-state index in [2.05, 4.69) is 4.85 Å². The van der Waals surface area contributed by atoms with Crippen LogP contribution in [-0.2, 0) is 4.74 Å². The van der Waals surface area contributed by atoms with Crippen LogP contribution < -0.4 is 0 Å². The molecule has 0 amide bonds. The van der Waals surface area contributed by atoms with Crippen LogP contribution in [0.1, 0.15) is 27.7 Å². The zero-order valence-electron chi connectivity index (χ0n) is 7.09. The Hall–Kier alpha value is -0.550. The van der Waals surface area contributed by atoms with Crippen molar-refractivity contribution in [3.05, 3.63) is 11.4 Å². The molecule has 0 heterocycles. The summed E-state index contributed by atoms with van der Waals surface area (Å²) in [5.41, 5.74) is 0. The first-order valence-electron chi connectivity index (χ1n) is 3.60. The van der Waals surface area contributed by atoms with E-state index in [-0.39, 0.29) is 12.3 Å². The maximum atomic E-state index is 6.78. The SMILES string of the molecule is [C-]#[N+]C(OC(C)C)C(C)C. The normalized spacial score (nSPS) is 13.7. The van der Waals surface area contributed by atoms with Gasteiger partial charge in [-0.05, 0) is 13.8 Å². The van der Waals surface area contributed by atoms with Crippen LogP contribution in [-0.4, -0.2) is 12.3 Å². The summed E-state index contributed by atoms with van der Waals surface area (Å²) in [6.07, 6.45) is -0.110. The summed E-state index contributed by atoms with van der Waals surface area (Å²) in [5, 5.41) is 0. The molecule has 0 aromatic rings. The predicted molar refractivity (Wildman–Crippen MR) is 41.4 cm³/mol. The second-order valence-corrected chi connectivity index (χ2v) is 2.95. The molecule has 2 nitrogen and oxygen atoms in total. The Morgan fingerprint density at radius 3 is 1.80 bits per heavy atom. The van der Waals surface area contributed by atoms with E-state index in [4.69, 9.17) is 11.3 Å². The number of hydrogen-bond acceptors (Lipinski definition) is 1. The maximum absolute atomic E-state index is 6.78. The number of rotatable bonds is 3. The van der Waals surface area contributed by atoms with Crippen LogP contribution in [0.4, 0.5) is 0 Å². The first-order valence-corrected chi connectivity index (χ1v) is 3.60. The lowest BCUT2D eigenvalue weighted by molar-refractivity contribution is 0.00936. The van der Waals surface area contributed by atoms with Gasteiger partial charge in [-0.25, -0.2) is 6.57 Å². The Kier molecular flexibility index (Phi) is 4.06. The van der Waals surface area contributed by atoms with Gasteiger partial charge >= 0.3 is 6.23 Å². The van der Waals surface area contributed by atoms with Gasteiger partial charge in [0.05, 0.1) is 12.0 Å². The fourth-order valence-electron chi connectivity index (χ4n) is 0.615. The molecule has 10 heavy (non-hydrogen) atoms. The Labute approximate surface area is 63.0 Å². The molecule has 0 radical (unpaired) electrons. The summed E-state index contributed by atoms with van der Waals surface area (Å²) in [7, 11) is 0. The molecule has 0 aliphatic heterocycles. The van der Waals surface area contributed by atoms with Gasteiger partial charge in [0.25, 0.3) is 0 Å². The molecular formula is C8H15NO. The molecule has 0 N–H and O–H groups in total. The van der Waals surface area contributed by atoms with Gasteiger partial charge in [0.1, 0.15) is 0 Å². The van der Waals surface area contributed by atoms with Crippen LogP contribution >= 0.6 is 0 Å². The van der Waals surface area contributed by atoms with E-state index < -0.39 is 0 Å². The fourth-order valence-corrected chi connectivity index (χ4v) is 0.615. The van der Waals surface area contributed by atoms with Gasteiger partial charge in [0.2, 0.25) is 0 Å². The van der Waals surface area contributed by atoms with Crippen LogP contribution in [0.5, 0.6) is 0 Å². The van der Waals surface area contributed by atoms with Crippen LogP contribution in [0.15, 0.2) is 0 Å². The molecule has 0 rings (SSSR count). The van der Waals surface area contributed by atoms with Gasteiger partial charge in [-0.15, -0.1) is 0 Å². The van der Waals surface area contributed by atoms with Gasteiger partial charge in [0, 0.05) is 0 Å². The lowest BCUT2D eigenvalue weighted by Gasteiger charge is -2.12. The Bertz CT molecular complexity index is 124. The third-order valence-electron chi connectivity index (χ3n) is 1.11. The number of nitrogens with zero attached hydrogens (tertiary/aromatic N) is 1. The van der Waals surface area contributed by atoms with Crippen molar-refractivity contribution in [1.82, 2.24) is 0 Å². The molecule has 1 unspecified atom stereocenters. The van der Waals surface area contributed by atoms with Crippen molar-refractivity contribution in [1.29, 1.82) is 0 Å². The summed E-state index contributed by atoms with van der Waals surface area (Å²) in [5.74, 6) is 0.292. The quantitative estimate of drug-likeness (QED) is 0.550. The molecule has 0 saturated carbocycles. The summed E-state index contributed by atoms with van der Waals surface area (Å²) < 4.78 is 5.31. The molecule has 1 atom stereocenters. The average Bonchev–Trinajstić information content (AvgIpc) is 1.81. The first-order chi connectivity index (χ1) is 4.57. The number of hydrogen-bond donors (Lipinski definition) is 0. The van der Waals surface area contributed by atoms with Crippen molar-refractivity contribution in [2.45, 2.75) is 40.0 Å². The van der Waals surface area contributed by atoms with E-state index in [1.807, 2.05) is 27.7 Å². The zero-order chi connectivity index (χ0) is 8.15. The van der Waals surface area contributed by atoms with E-state index >= 15 is 0 Å². The summed E-state index contributed by atoms with van der Waals surface area (Å²) >= 11 is 0. The van der Waals surface area contributed by atoms with Crippen LogP contribution in [0.3, 0.4) is 0 Å². The topological polar surface area (TPSA) is 13.6 Å². The van der Waals surface area contributed by atoms with E-state index in [0.29, 0.717) is 5.92 Å². The Morgan fingerprint density at radius 2 is 1.70 bits per heavy atom. The summed E-state index contributed by atoms with van der Waals surface area (Å²) in [6.45, 7) is 14.7. The molecule has 0 aliphatic carbocycles.